The Balaban J connectivity index is 1.79. The van der Waals surface area contributed by atoms with Gasteiger partial charge >= 0.3 is 0 Å². The lowest BCUT2D eigenvalue weighted by atomic mass is 10.1. The molecule has 3 amide bonds. The van der Waals surface area contributed by atoms with Crippen LogP contribution in [0.2, 0.25) is 0 Å². The molecule has 1 fully saturated rings. The molecule has 0 atom stereocenters. The van der Waals surface area contributed by atoms with Crippen LogP contribution in [0.1, 0.15) is 35.7 Å². The number of benzene rings is 1. The lowest BCUT2D eigenvalue weighted by molar-refractivity contribution is -0.133. The number of hydrogen-bond acceptors (Lipinski definition) is 3. The minimum atomic E-state index is -0.399. The Labute approximate surface area is 123 Å². The minimum absolute atomic E-state index is 0.0200. The van der Waals surface area contributed by atoms with Crippen molar-refractivity contribution in [1.82, 2.24) is 15.8 Å². The second kappa shape index (κ2) is 6.88. The van der Waals surface area contributed by atoms with E-state index in [0.29, 0.717) is 18.5 Å². The molecule has 0 aliphatic carbocycles. The van der Waals surface area contributed by atoms with Crippen molar-refractivity contribution >= 4 is 17.7 Å². The molecule has 1 heterocycles. The Bertz CT molecular complexity index is 540. The van der Waals surface area contributed by atoms with Crippen molar-refractivity contribution in [2.24, 2.45) is 0 Å². The van der Waals surface area contributed by atoms with Gasteiger partial charge in [0.1, 0.15) is 6.54 Å². The van der Waals surface area contributed by atoms with Crippen molar-refractivity contribution in [2.45, 2.75) is 26.2 Å². The van der Waals surface area contributed by atoms with Gasteiger partial charge in [0.2, 0.25) is 5.91 Å². The van der Waals surface area contributed by atoms with Gasteiger partial charge in [-0.15, -0.1) is 0 Å². The van der Waals surface area contributed by atoms with Gasteiger partial charge in [0.25, 0.3) is 11.8 Å². The number of aryl methyl sites for hydroxylation is 1. The van der Waals surface area contributed by atoms with Gasteiger partial charge in [-0.1, -0.05) is 19.1 Å². The Morgan fingerprint density at radius 2 is 1.90 bits per heavy atom. The van der Waals surface area contributed by atoms with Crippen LogP contribution in [0, 0.1) is 0 Å². The average molecular weight is 289 g/mol. The molecule has 6 heteroatoms. The van der Waals surface area contributed by atoms with Crippen molar-refractivity contribution in [3.8, 4) is 0 Å². The summed E-state index contributed by atoms with van der Waals surface area (Å²) in [7, 11) is 0. The Morgan fingerprint density at radius 1 is 1.19 bits per heavy atom. The highest BCUT2D eigenvalue weighted by Gasteiger charge is 2.22. The molecule has 2 N–H and O–H groups in total. The van der Waals surface area contributed by atoms with Crippen LogP contribution in [0.4, 0.5) is 0 Å². The molecule has 1 aromatic carbocycles. The van der Waals surface area contributed by atoms with Crippen molar-refractivity contribution in [3.63, 3.8) is 0 Å². The van der Waals surface area contributed by atoms with Crippen LogP contribution in [0.3, 0.4) is 0 Å². The SMILES string of the molecule is CCc1ccc(C(=O)NNC(=O)CN2CCCC2=O)cc1. The Morgan fingerprint density at radius 3 is 2.48 bits per heavy atom. The number of likely N-dealkylation sites (tertiary alicyclic amines) is 1. The molecule has 6 nitrogen and oxygen atoms in total. The van der Waals surface area contributed by atoms with Crippen LogP contribution in [-0.2, 0) is 16.0 Å². The Kier molecular flexibility index (Phi) is 4.92. The van der Waals surface area contributed by atoms with E-state index in [1.54, 1.807) is 12.1 Å². The van der Waals surface area contributed by atoms with E-state index in [-0.39, 0.29) is 18.4 Å². The third-order valence-electron chi connectivity index (χ3n) is 3.45. The predicted molar refractivity (Wildman–Crippen MR) is 77.2 cm³/mol. The minimum Gasteiger partial charge on any atom is -0.333 e. The zero-order chi connectivity index (χ0) is 15.2. The molecule has 0 radical (unpaired) electrons. The first kappa shape index (κ1) is 15.0. The third-order valence-corrected chi connectivity index (χ3v) is 3.45. The van der Waals surface area contributed by atoms with Crippen molar-refractivity contribution in [2.75, 3.05) is 13.1 Å². The van der Waals surface area contributed by atoms with E-state index in [2.05, 4.69) is 10.9 Å². The van der Waals surface area contributed by atoms with Gasteiger partial charge in [-0.3, -0.25) is 25.2 Å². The topological polar surface area (TPSA) is 78.5 Å². The molecular formula is C15H19N3O3. The summed E-state index contributed by atoms with van der Waals surface area (Å²) in [6, 6.07) is 7.17. The molecule has 0 saturated carbocycles. The number of amides is 3. The fraction of sp³-hybridized carbons (Fsp3) is 0.400. The number of hydrazine groups is 1. The molecular weight excluding hydrogens is 270 g/mol. The van der Waals surface area contributed by atoms with Crippen molar-refractivity contribution < 1.29 is 14.4 Å². The van der Waals surface area contributed by atoms with E-state index in [1.807, 2.05) is 19.1 Å². The van der Waals surface area contributed by atoms with Crippen LogP contribution >= 0.6 is 0 Å². The lowest BCUT2D eigenvalue weighted by Gasteiger charge is -2.15. The molecule has 21 heavy (non-hydrogen) atoms. The average Bonchev–Trinajstić information content (AvgIpc) is 2.90. The van der Waals surface area contributed by atoms with Crippen LogP contribution in [-0.4, -0.2) is 35.7 Å². The third kappa shape index (κ3) is 4.05. The summed E-state index contributed by atoms with van der Waals surface area (Å²) in [6.45, 7) is 2.61. The van der Waals surface area contributed by atoms with E-state index < -0.39 is 5.91 Å². The summed E-state index contributed by atoms with van der Waals surface area (Å²) in [4.78, 5) is 36.4. The molecule has 1 saturated heterocycles. The predicted octanol–water partition coefficient (Wildman–Crippen LogP) is 0.632. The van der Waals surface area contributed by atoms with Crippen molar-refractivity contribution in [3.05, 3.63) is 35.4 Å². The maximum Gasteiger partial charge on any atom is 0.269 e. The zero-order valence-corrected chi connectivity index (χ0v) is 12.0. The monoisotopic (exact) mass is 289 g/mol. The van der Waals surface area contributed by atoms with Crippen LogP contribution in [0.5, 0.6) is 0 Å². The summed E-state index contributed by atoms with van der Waals surface area (Å²) in [5, 5.41) is 0. The van der Waals surface area contributed by atoms with Gasteiger partial charge < -0.3 is 4.90 Å². The summed E-state index contributed by atoms with van der Waals surface area (Å²) >= 11 is 0. The quantitative estimate of drug-likeness (QED) is 0.798. The molecule has 0 unspecified atom stereocenters. The number of rotatable bonds is 4. The largest absolute Gasteiger partial charge is 0.333 e. The standard InChI is InChI=1S/C15H19N3O3/c1-2-11-5-7-12(8-6-11)15(21)17-16-13(19)10-18-9-3-4-14(18)20/h5-8H,2-4,9-10H2,1H3,(H,16,19)(H,17,21). The number of carbonyl (C=O) groups excluding carboxylic acids is 3. The van der Waals surface area contributed by atoms with Crippen LogP contribution < -0.4 is 10.9 Å². The van der Waals surface area contributed by atoms with E-state index >= 15 is 0 Å². The zero-order valence-electron chi connectivity index (χ0n) is 12.0. The Hall–Kier alpha value is -2.37. The van der Waals surface area contributed by atoms with Gasteiger partial charge in [0.05, 0.1) is 0 Å². The summed E-state index contributed by atoms with van der Waals surface area (Å²) in [6.07, 6.45) is 2.17. The second-order valence-electron chi connectivity index (χ2n) is 4.97. The highest BCUT2D eigenvalue weighted by Crippen LogP contribution is 2.08. The van der Waals surface area contributed by atoms with Gasteiger partial charge in [-0.2, -0.15) is 0 Å². The molecule has 1 aliphatic heterocycles. The number of nitrogens with zero attached hydrogens (tertiary/aromatic N) is 1. The smallest absolute Gasteiger partial charge is 0.269 e. The molecule has 2 rings (SSSR count). The fourth-order valence-corrected chi connectivity index (χ4v) is 2.17. The van der Waals surface area contributed by atoms with Gasteiger partial charge in [-0.05, 0) is 30.5 Å². The van der Waals surface area contributed by atoms with Crippen LogP contribution in [0.15, 0.2) is 24.3 Å². The van der Waals surface area contributed by atoms with E-state index in [1.165, 1.54) is 4.90 Å². The number of hydrogen-bond donors (Lipinski definition) is 2. The number of carbonyl (C=O) groups is 3. The fourth-order valence-electron chi connectivity index (χ4n) is 2.17. The highest BCUT2D eigenvalue weighted by atomic mass is 16.2. The summed E-state index contributed by atoms with van der Waals surface area (Å²) in [5.41, 5.74) is 6.29. The maximum atomic E-state index is 11.8. The van der Waals surface area contributed by atoms with Crippen LogP contribution in [0.25, 0.3) is 0 Å². The number of nitrogens with one attached hydrogen (secondary N) is 2. The molecule has 112 valence electrons. The normalized spacial score (nSPS) is 14.1. The summed E-state index contributed by atoms with van der Waals surface area (Å²) < 4.78 is 0. The second-order valence-corrected chi connectivity index (χ2v) is 4.97. The van der Waals surface area contributed by atoms with E-state index in [9.17, 15) is 14.4 Å². The van der Waals surface area contributed by atoms with E-state index in [4.69, 9.17) is 0 Å². The molecule has 0 bridgehead atoms. The van der Waals surface area contributed by atoms with Crippen molar-refractivity contribution in [1.29, 1.82) is 0 Å². The first-order valence-electron chi connectivity index (χ1n) is 7.06. The van der Waals surface area contributed by atoms with E-state index in [0.717, 1.165) is 18.4 Å². The van der Waals surface area contributed by atoms with Gasteiger partial charge in [0, 0.05) is 18.5 Å². The molecule has 1 aromatic rings. The summed E-state index contributed by atoms with van der Waals surface area (Å²) in [5.74, 6) is -0.797. The van der Waals surface area contributed by atoms with Gasteiger partial charge in [0.15, 0.2) is 0 Å². The van der Waals surface area contributed by atoms with Gasteiger partial charge in [-0.25, -0.2) is 0 Å². The maximum absolute atomic E-state index is 11.8. The first-order chi connectivity index (χ1) is 10.1. The molecule has 1 aliphatic rings. The first-order valence-corrected chi connectivity index (χ1v) is 7.06. The lowest BCUT2D eigenvalue weighted by Crippen LogP contribution is -2.46. The molecule has 0 aromatic heterocycles. The molecule has 0 spiro atoms. The highest BCUT2D eigenvalue weighted by molar-refractivity contribution is 5.95.